The molecule has 0 amide bonds. The van der Waals surface area contributed by atoms with E-state index in [0.29, 0.717) is 17.7 Å². The molecule has 1 N–H and O–H groups in total. The zero-order chi connectivity index (χ0) is 22.2. The molecule has 0 spiro atoms. The second-order valence-electron chi connectivity index (χ2n) is 6.80. The van der Waals surface area contributed by atoms with Crippen LogP contribution in [0.4, 0.5) is 0 Å². The number of ether oxygens (including phenoxy) is 1. The molecule has 1 heterocycles. The number of aliphatic hydroxyl groups is 1. The van der Waals surface area contributed by atoms with Crippen LogP contribution in [-0.2, 0) is 16.4 Å². The van der Waals surface area contributed by atoms with Gasteiger partial charge in [-0.15, -0.1) is 4.40 Å². The summed E-state index contributed by atoms with van der Waals surface area (Å²) in [5, 5.41) is 9.28. The number of aliphatic hydroxyl groups excluding tert-OH is 1. The van der Waals surface area contributed by atoms with Crippen molar-refractivity contribution in [1.82, 2.24) is 4.90 Å². The van der Waals surface area contributed by atoms with Crippen molar-refractivity contribution in [3.8, 4) is 5.75 Å². The van der Waals surface area contributed by atoms with Crippen LogP contribution in [0.1, 0.15) is 21.5 Å². The summed E-state index contributed by atoms with van der Waals surface area (Å²) in [5.41, 5.74) is 0.767. The van der Waals surface area contributed by atoms with E-state index in [1.165, 1.54) is 23.1 Å². The SMILES string of the molecule is CN(C)/C=N/S(=O)(=O)c1cc(C(=O)c2cc3c(c(Cl)c2Cl)OC(CO)C3)ccc1Cl. The van der Waals surface area contributed by atoms with Crippen molar-refractivity contribution in [3.63, 3.8) is 0 Å². The van der Waals surface area contributed by atoms with Gasteiger partial charge < -0.3 is 14.7 Å². The van der Waals surface area contributed by atoms with Gasteiger partial charge in [-0.1, -0.05) is 34.8 Å². The van der Waals surface area contributed by atoms with Gasteiger partial charge in [-0.25, -0.2) is 0 Å². The number of carbonyl (C=O) groups excluding carboxylic acids is 1. The quantitative estimate of drug-likeness (QED) is 0.378. The van der Waals surface area contributed by atoms with Crippen LogP contribution in [0.2, 0.25) is 15.1 Å². The third-order valence-electron chi connectivity index (χ3n) is 4.31. The number of benzene rings is 2. The second-order valence-corrected chi connectivity index (χ2v) is 9.56. The van der Waals surface area contributed by atoms with Gasteiger partial charge in [0.1, 0.15) is 28.1 Å². The number of hydrogen-bond acceptors (Lipinski definition) is 5. The number of ketones is 1. The zero-order valence-electron chi connectivity index (χ0n) is 15.9. The molecule has 0 radical (unpaired) electrons. The van der Waals surface area contributed by atoms with Crippen molar-refractivity contribution in [3.05, 3.63) is 56.0 Å². The highest BCUT2D eigenvalue weighted by molar-refractivity contribution is 7.90. The third-order valence-corrected chi connectivity index (χ3v) is 6.86. The smallest absolute Gasteiger partial charge is 0.285 e. The van der Waals surface area contributed by atoms with Crippen molar-refractivity contribution in [2.45, 2.75) is 17.4 Å². The maximum atomic E-state index is 13.1. The minimum atomic E-state index is -4.13. The fourth-order valence-electron chi connectivity index (χ4n) is 2.87. The first kappa shape index (κ1) is 22.8. The maximum Gasteiger partial charge on any atom is 0.285 e. The molecule has 11 heteroatoms. The minimum Gasteiger partial charge on any atom is -0.486 e. The highest BCUT2D eigenvalue weighted by Gasteiger charge is 2.30. The van der Waals surface area contributed by atoms with Crippen LogP contribution in [0, 0.1) is 0 Å². The summed E-state index contributed by atoms with van der Waals surface area (Å²) in [6, 6.07) is 5.39. The van der Waals surface area contributed by atoms with E-state index < -0.39 is 21.9 Å². The number of halogens is 3. The molecule has 1 aliphatic rings. The summed E-state index contributed by atoms with van der Waals surface area (Å²) < 4.78 is 34.1. The minimum absolute atomic E-state index is 0.0241. The Hall–Kier alpha value is -1.84. The lowest BCUT2D eigenvalue weighted by Crippen LogP contribution is -2.17. The average molecular weight is 492 g/mol. The van der Waals surface area contributed by atoms with E-state index >= 15 is 0 Å². The van der Waals surface area contributed by atoms with E-state index in [9.17, 15) is 18.3 Å². The first-order valence-corrected chi connectivity index (χ1v) is 11.2. The van der Waals surface area contributed by atoms with Gasteiger partial charge in [0.15, 0.2) is 5.78 Å². The Morgan fingerprint density at radius 2 is 1.97 bits per heavy atom. The van der Waals surface area contributed by atoms with Crippen molar-refractivity contribution >= 4 is 56.9 Å². The molecule has 160 valence electrons. The average Bonchev–Trinajstić information content (AvgIpc) is 3.12. The largest absolute Gasteiger partial charge is 0.486 e. The van der Waals surface area contributed by atoms with Gasteiger partial charge in [0, 0.05) is 37.2 Å². The van der Waals surface area contributed by atoms with Crippen LogP contribution in [-0.4, -0.2) is 57.4 Å². The van der Waals surface area contributed by atoms with E-state index in [0.717, 1.165) is 12.4 Å². The Labute approximate surface area is 188 Å². The normalized spacial score (nSPS) is 15.9. The number of sulfonamides is 1. The number of nitrogens with zero attached hydrogens (tertiary/aromatic N) is 2. The van der Waals surface area contributed by atoms with Crippen LogP contribution in [0.5, 0.6) is 5.75 Å². The molecule has 1 atom stereocenters. The number of hydrogen-bond donors (Lipinski definition) is 1. The fourth-order valence-corrected chi connectivity index (χ4v) is 4.79. The Morgan fingerprint density at radius 1 is 1.27 bits per heavy atom. The summed E-state index contributed by atoms with van der Waals surface area (Å²) in [6.45, 7) is -0.211. The molecular weight excluding hydrogens is 475 g/mol. The fraction of sp³-hybridized carbons (Fsp3) is 0.263. The molecular formula is C19H17Cl3N2O5S. The first-order chi connectivity index (χ1) is 14.0. The Bertz CT molecular complexity index is 1150. The topological polar surface area (TPSA) is 96.3 Å². The highest BCUT2D eigenvalue weighted by atomic mass is 35.5. The molecule has 2 aromatic rings. The molecule has 1 unspecified atom stereocenters. The van der Waals surface area contributed by atoms with Gasteiger partial charge in [0.05, 0.1) is 16.7 Å². The number of rotatable bonds is 6. The highest BCUT2D eigenvalue weighted by Crippen LogP contribution is 2.43. The van der Waals surface area contributed by atoms with Gasteiger partial charge in [0.2, 0.25) is 0 Å². The van der Waals surface area contributed by atoms with E-state index in [-0.39, 0.29) is 37.7 Å². The predicted octanol–water partition coefficient (Wildman–Crippen LogP) is 3.45. The van der Waals surface area contributed by atoms with E-state index in [1.54, 1.807) is 14.1 Å². The molecule has 1 aliphatic heterocycles. The predicted molar refractivity (Wildman–Crippen MR) is 116 cm³/mol. The molecule has 7 nitrogen and oxygen atoms in total. The standard InChI is InChI=1S/C19H17Cl3N2O5S/c1-24(2)9-23-30(27,28)15-7-10(3-4-14(15)20)18(26)13-6-11-5-12(8-25)29-19(11)17(22)16(13)21/h3-4,6-7,9,12,25H,5,8H2,1-2H3/b23-9+. The van der Waals surface area contributed by atoms with Gasteiger partial charge >= 0.3 is 0 Å². The summed E-state index contributed by atoms with van der Waals surface area (Å²) >= 11 is 18.6. The van der Waals surface area contributed by atoms with E-state index in [4.69, 9.17) is 39.5 Å². The van der Waals surface area contributed by atoms with Crippen LogP contribution < -0.4 is 4.74 Å². The van der Waals surface area contributed by atoms with Gasteiger partial charge in [-0.05, 0) is 24.3 Å². The summed E-state index contributed by atoms with van der Waals surface area (Å²) in [6.07, 6.45) is 1.01. The van der Waals surface area contributed by atoms with Gasteiger partial charge in [-0.3, -0.25) is 4.79 Å². The van der Waals surface area contributed by atoms with Crippen LogP contribution in [0.3, 0.4) is 0 Å². The van der Waals surface area contributed by atoms with E-state index in [2.05, 4.69) is 4.40 Å². The molecule has 0 bridgehead atoms. The monoisotopic (exact) mass is 490 g/mol. The van der Waals surface area contributed by atoms with Gasteiger partial charge in [0.25, 0.3) is 10.0 Å². The lowest BCUT2D eigenvalue weighted by molar-refractivity contribution is 0.103. The summed E-state index contributed by atoms with van der Waals surface area (Å²) in [4.78, 5) is 14.3. The molecule has 30 heavy (non-hydrogen) atoms. The summed E-state index contributed by atoms with van der Waals surface area (Å²) in [7, 11) is -0.893. The Balaban J connectivity index is 2.05. The number of fused-ring (bicyclic) bond motifs is 1. The van der Waals surface area contributed by atoms with Crippen molar-refractivity contribution < 1.29 is 23.1 Å². The Morgan fingerprint density at radius 3 is 2.60 bits per heavy atom. The maximum absolute atomic E-state index is 13.1. The molecule has 0 aromatic heterocycles. The molecule has 2 aromatic carbocycles. The van der Waals surface area contributed by atoms with Gasteiger partial charge in [-0.2, -0.15) is 8.42 Å². The first-order valence-electron chi connectivity index (χ1n) is 8.64. The lowest BCUT2D eigenvalue weighted by Gasteiger charge is -2.11. The van der Waals surface area contributed by atoms with Crippen LogP contribution in [0.25, 0.3) is 0 Å². The van der Waals surface area contributed by atoms with Crippen molar-refractivity contribution in [2.75, 3.05) is 20.7 Å². The molecule has 0 fully saturated rings. The molecule has 0 saturated heterocycles. The lowest BCUT2D eigenvalue weighted by atomic mass is 9.99. The van der Waals surface area contributed by atoms with Crippen LogP contribution in [0.15, 0.2) is 33.6 Å². The van der Waals surface area contributed by atoms with Crippen molar-refractivity contribution in [1.29, 1.82) is 0 Å². The van der Waals surface area contributed by atoms with Crippen molar-refractivity contribution in [2.24, 2.45) is 4.40 Å². The Kier molecular flexibility index (Phi) is 6.64. The zero-order valence-corrected chi connectivity index (χ0v) is 19.0. The van der Waals surface area contributed by atoms with Crippen LogP contribution >= 0.6 is 34.8 Å². The molecule has 0 saturated carbocycles. The molecule has 0 aliphatic carbocycles. The second kappa shape index (κ2) is 8.72. The van der Waals surface area contributed by atoms with E-state index in [1.807, 2.05) is 0 Å². The summed E-state index contributed by atoms with van der Waals surface area (Å²) in [5.74, 6) is -0.212. The molecule has 3 rings (SSSR count). The third kappa shape index (κ3) is 4.43. The number of carbonyl (C=O) groups is 1.